The van der Waals surface area contributed by atoms with Crippen molar-refractivity contribution in [3.63, 3.8) is 0 Å². The second kappa shape index (κ2) is 11.0. The van der Waals surface area contributed by atoms with Crippen LogP contribution in [0.1, 0.15) is 38.3 Å². The van der Waals surface area contributed by atoms with Gasteiger partial charge in [-0.3, -0.25) is 4.79 Å². The van der Waals surface area contributed by atoms with Crippen LogP contribution in [0.15, 0.2) is 97.1 Å². The van der Waals surface area contributed by atoms with Crippen LogP contribution in [0.3, 0.4) is 0 Å². The molecule has 0 aliphatic carbocycles. The summed E-state index contributed by atoms with van der Waals surface area (Å²) >= 11 is 0. The van der Waals surface area contributed by atoms with Crippen LogP contribution in [0.5, 0.6) is 11.5 Å². The molecule has 0 saturated carbocycles. The zero-order valence-corrected chi connectivity index (χ0v) is 20.3. The molecule has 6 nitrogen and oxygen atoms in total. The molecule has 0 bridgehead atoms. The summed E-state index contributed by atoms with van der Waals surface area (Å²) in [7, 11) is 0. The molecule has 1 amide bonds. The third kappa shape index (κ3) is 5.64. The summed E-state index contributed by atoms with van der Waals surface area (Å²) in [5, 5.41) is 9.53. The van der Waals surface area contributed by atoms with Crippen molar-refractivity contribution >= 4 is 11.9 Å². The Hall–Kier alpha value is -4.58. The van der Waals surface area contributed by atoms with Crippen LogP contribution in [0.4, 0.5) is 0 Å². The number of carbonyl (C=O) groups excluding carboxylic acids is 1. The maximum atomic E-state index is 13.6. The van der Waals surface area contributed by atoms with Gasteiger partial charge < -0.3 is 19.5 Å². The van der Waals surface area contributed by atoms with Gasteiger partial charge in [0.25, 0.3) is 5.91 Å². The first-order chi connectivity index (χ1) is 18.1. The summed E-state index contributed by atoms with van der Waals surface area (Å²) < 4.78 is 10.9. The van der Waals surface area contributed by atoms with E-state index in [2.05, 4.69) is 12.1 Å². The predicted octanol–water partition coefficient (Wildman–Crippen LogP) is 6.06. The minimum absolute atomic E-state index is 0.0772. The lowest BCUT2D eigenvalue weighted by atomic mass is 9.98. The van der Waals surface area contributed by atoms with Crippen LogP contribution >= 0.6 is 0 Å². The molecule has 0 fully saturated rings. The van der Waals surface area contributed by atoms with Crippen LogP contribution in [-0.2, 0) is 13.0 Å². The van der Waals surface area contributed by atoms with Crippen molar-refractivity contribution in [3.05, 3.63) is 119 Å². The Bertz CT molecular complexity index is 1400. The van der Waals surface area contributed by atoms with Gasteiger partial charge in [-0.1, -0.05) is 72.8 Å². The van der Waals surface area contributed by atoms with Gasteiger partial charge in [0.15, 0.2) is 11.5 Å². The van der Waals surface area contributed by atoms with Crippen LogP contribution < -0.4 is 9.47 Å². The topological polar surface area (TPSA) is 76.1 Å². The molecule has 4 aromatic rings. The van der Waals surface area contributed by atoms with E-state index in [9.17, 15) is 14.7 Å². The molecule has 37 heavy (non-hydrogen) atoms. The number of aromatic carboxylic acids is 1. The fourth-order valence-electron chi connectivity index (χ4n) is 4.51. The third-order valence-electron chi connectivity index (χ3n) is 6.44. The summed E-state index contributed by atoms with van der Waals surface area (Å²) in [5.74, 6) is 0.186. The highest BCUT2D eigenvalue weighted by Gasteiger charge is 2.21. The number of amides is 1. The van der Waals surface area contributed by atoms with E-state index in [0.717, 1.165) is 24.0 Å². The summed E-state index contributed by atoms with van der Waals surface area (Å²) in [5.41, 5.74) is 4.49. The van der Waals surface area contributed by atoms with Crippen molar-refractivity contribution in [3.8, 4) is 22.6 Å². The SMILES string of the molecule is O=C(O)c1ccccc1-c1ccc(CN(CCCc2ccccc2)C(=O)c2ccc3c(c2)OCO3)cc1. The highest BCUT2D eigenvalue weighted by molar-refractivity contribution is 5.96. The number of carbonyl (C=O) groups is 2. The number of rotatable bonds is 9. The largest absolute Gasteiger partial charge is 0.478 e. The van der Waals surface area contributed by atoms with Crippen LogP contribution in [0.2, 0.25) is 0 Å². The lowest BCUT2D eigenvalue weighted by Gasteiger charge is -2.23. The second-order valence-electron chi connectivity index (χ2n) is 8.93. The Balaban J connectivity index is 1.35. The van der Waals surface area contributed by atoms with Gasteiger partial charge in [0.2, 0.25) is 6.79 Å². The highest BCUT2D eigenvalue weighted by atomic mass is 16.7. The van der Waals surface area contributed by atoms with Crippen LogP contribution in [0, 0.1) is 0 Å². The molecular formula is C31H27NO5. The number of hydrogen-bond acceptors (Lipinski definition) is 4. The van der Waals surface area contributed by atoms with Gasteiger partial charge in [-0.2, -0.15) is 0 Å². The third-order valence-corrected chi connectivity index (χ3v) is 6.44. The first-order valence-corrected chi connectivity index (χ1v) is 12.2. The minimum atomic E-state index is -0.960. The first kappa shape index (κ1) is 24.1. The van der Waals surface area contributed by atoms with E-state index in [1.54, 1.807) is 36.4 Å². The highest BCUT2D eigenvalue weighted by Crippen LogP contribution is 2.33. The van der Waals surface area contributed by atoms with Crippen molar-refractivity contribution in [2.24, 2.45) is 0 Å². The molecule has 1 N–H and O–H groups in total. The Morgan fingerprint density at radius 3 is 2.30 bits per heavy atom. The number of carboxylic acids is 1. The molecule has 5 rings (SSSR count). The fourth-order valence-corrected chi connectivity index (χ4v) is 4.51. The van der Waals surface area contributed by atoms with E-state index in [-0.39, 0.29) is 18.3 Å². The number of nitrogens with zero attached hydrogens (tertiary/aromatic N) is 1. The number of aryl methyl sites for hydroxylation is 1. The van der Waals surface area contributed by atoms with Gasteiger partial charge in [0, 0.05) is 18.7 Å². The van der Waals surface area contributed by atoms with Gasteiger partial charge in [0.05, 0.1) is 5.56 Å². The number of fused-ring (bicyclic) bond motifs is 1. The van der Waals surface area contributed by atoms with Gasteiger partial charge in [-0.25, -0.2) is 4.79 Å². The molecular weight excluding hydrogens is 466 g/mol. The number of carboxylic acid groups (broad SMARTS) is 1. The number of ether oxygens (including phenoxy) is 2. The van der Waals surface area contributed by atoms with Gasteiger partial charge >= 0.3 is 5.97 Å². The quantitative estimate of drug-likeness (QED) is 0.307. The smallest absolute Gasteiger partial charge is 0.336 e. The van der Waals surface area contributed by atoms with E-state index >= 15 is 0 Å². The van der Waals surface area contributed by atoms with E-state index < -0.39 is 5.97 Å². The summed E-state index contributed by atoms with van der Waals surface area (Å²) in [6.07, 6.45) is 1.70. The molecule has 0 unspecified atom stereocenters. The predicted molar refractivity (Wildman–Crippen MR) is 141 cm³/mol. The molecule has 0 spiro atoms. The van der Waals surface area contributed by atoms with Crippen molar-refractivity contribution in [1.82, 2.24) is 4.90 Å². The van der Waals surface area contributed by atoms with Crippen molar-refractivity contribution in [2.45, 2.75) is 19.4 Å². The average molecular weight is 494 g/mol. The van der Waals surface area contributed by atoms with Crippen molar-refractivity contribution in [1.29, 1.82) is 0 Å². The Labute approximate surface area is 215 Å². The van der Waals surface area contributed by atoms with E-state index in [4.69, 9.17) is 9.47 Å². The van der Waals surface area contributed by atoms with E-state index in [1.807, 2.05) is 53.4 Å². The normalized spacial score (nSPS) is 11.8. The van der Waals surface area contributed by atoms with Crippen LogP contribution in [0.25, 0.3) is 11.1 Å². The average Bonchev–Trinajstić information content (AvgIpc) is 3.41. The lowest BCUT2D eigenvalue weighted by Crippen LogP contribution is -2.31. The van der Waals surface area contributed by atoms with Crippen molar-refractivity contribution < 1.29 is 24.2 Å². The molecule has 4 aromatic carbocycles. The number of benzene rings is 4. The van der Waals surface area contributed by atoms with E-state index in [0.29, 0.717) is 35.7 Å². The second-order valence-corrected chi connectivity index (χ2v) is 8.93. The van der Waals surface area contributed by atoms with Crippen molar-refractivity contribution in [2.75, 3.05) is 13.3 Å². The van der Waals surface area contributed by atoms with E-state index in [1.165, 1.54) is 5.56 Å². The Morgan fingerprint density at radius 1 is 0.784 bits per heavy atom. The lowest BCUT2D eigenvalue weighted by molar-refractivity contribution is 0.0696. The monoisotopic (exact) mass is 493 g/mol. The molecule has 0 aromatic heterocycles. The maximum Gasteiger partial charge on any atom is 0.336 e. The van der Waals surface area contributed by atoms with Crippen LogP contribution in [-0.4, -0.2) is 35.2 Å². The zero-order valence-electron chi connectivity index (χ0n) is 20.3. The molecule has 0 radical (unpaired) electrons. The molecule has 0 atom stereocenters. The Kier molecular flexibility index (Phi) is 7.17. The zero-order chi connectivity index (χ0) is 25.6. The van der Waals surface area contributed by atoms with Gasteiger partial charge in [0.1, 0.15) is 0 Å². The molecule has 1 aliphatic heterocycles. The molecule has 186 valence electrons. The fraction of sp³-hybridized carbons (Fsp3) is 0.161. The first-order valence-electron chi connectivity index (χ1n) is 12.2. The maximum absolute atomic E-state index is 13.6. The molecule has 1 aliphatic rings. The summed E-state index contributed by atoms with van der Waals surface area (Å²) in [6.45, 7) is 1.18. The van der Waals surface area contributed by atoms with Gasteiger partial charge in [-0.15, -0.1) is 0 Å². The molecule has 1 heterocycles. The standard InChI is InChI=1S/C31H27NO5/c33-30(25-16-17-28-29(19-25)37-21-36-28)32(18-6-9-22-7-2-1-3-8-22)20-23-12-14-24(15-13-23)26-10-4-5-11-27(26)31(34)35/h1-5,7-8,10-17,19H,6,9,18,20-21H2,(H,34,35). The Morgan fingerprint density at radius 2 is 1.51 bits per heavy atom. The van der Waals surface area contributed by atoms with Gasteiger partial charge in [-0.05, 0) is 59.4 Å². The molecule has 6 heteroatoms. The number of hydrogen-bond donors (Lipinski definition) is 1. The summed E-state index contributed by atoms with van der Waals surface area (Å²) in [6, 6.07) is 30.2. The summed E-state index contributed by atoms with van der Waals surface area (Å²) in [4.78, 5) is 27.0. The molecule has 0 saturated heterocycles. The minimum Gasteiger partial charge on any atom is -0.478 e.